The molecule has 1 unspecified atom stereocenters. The normalized spacial score (nSPS) is 18.9. The standard InChI is InChI=1S/C19H12FN3O3S/c20-13-9-5-4-8-12(13)15-14(16(24)11-6-2-1-3-7-11)17(25)18(26)23(15)19-22-21-10-27-19/h1-10,15,24H. The van der Waals surface area contributed by atoms with Crippen LogP contribution in [-0.2, 0) is 9.59 Å². The third-order valence-electron chi connectivity index (χ3n) is 4.25. The van der Waals surface area contributed by atoms with E-state index >= 15 is 0 Å². The molecule has 1 amide bonds. The van der Waals surface area contributed by atoms with Gasteiger partial charge in [-0.1, -0.05) is 59.9 Å². The molecule has 0 radical (unpaired) electrons. The summed E-state index contributed by atoms with van der Waals surface area (Å²) < 4.78 is 14.6. The Balaban J connectivity index is 1.98. The molecule has 0 aliphatic carbocycles. The number of anilines is 1. The van der Waals surface area contributed by atoms with Crippen molar-refractivity contribution in [3.05, 3.63) is 82.6 Å². The predicted molar refractivity (Wildman–Crippen MR) is 97.5 cm³/mol. The van der Waals surface area contributed by atoms with Gasteiger partial charge in [-0.15, -0.1) is 10.2 Å². The molecule has 1 aliphatic rings. The maximum atomic E-state index is 14.6. The molecule has 27 heavy (non-hydrogen) atoms. The lowest BCUT2D eigenvalue weighted by atomic mass is 9.95. The molecule has 8 heteroatoms. The fraction of sp³-hybridized carbons (Fsp3) is 0.0526. The lowest BCUT2D eigenvalue weighted by Crippen LogP contribution is -2.29. The van der Waals surface area contributed by atoms with E-state index in [9.17, 15) is 19.1 Å². The molecule has 6 nitrogen and oxygen atoms in total. The zero-order valence-electron chi connectivity index (χ0n) is 13.7. The summed E-state index contributed by atoms with van der Waals surface area (Å²) in [6.45, 7) is 0. The molecule has 4 rings (SSSR count). The Morgan fingerprint density at radius 2 is 1.78 bits per heavy atom. The zero-order chi connectivity index (χ0) is 19.0. The van der Waals surface area contributed by atoms with E-state index < -0.39 is 23.5 Å². The summed E-state index contributed by atoms with van der Waals surface area (Å²) in [5.41, 5.74) is 1.66. The Bertz CT molecular complexity index is 1050. The summed E-state index contributed by atoms with van der Waals surface area (Å²) in [6.07, 6.45) is 0. The number of nitrogens with zero attached hydrogens (tertiary/aromatic N) is 3. The fourth-order valence-corrected chi connectivity index (χ4v) is 3.63. The van der Waals surface area contributed by atoms with Gasteiger partial charge in [0.05, 0.1) is 5.57 Å². The fourth-order valence-electron chi connectivity index (χ4n) is 3.04. The van der Waals surface area contributed by atoms with Crippen LogP contribution in [0.4, 0.5) is 9.52 Å². The average Bonchev–Trinajstić information content (AvgIpc) is 3.30. The SMILES string of the molecule is O=C1C(=O)N(c2nncs2)C(c2ccccc2F)C1=C(O)c1ccccc1. The van der Waals surface area contributed by atoms with Crippen LogP contribution in [0.1, 0.15) is 17.2 Å². The second-order valence-corrected chi connectivity index (χ2v) is 6.59. The van der Waals surface area contributed by atoms with Crippen LogP contribution in [0, 0.1) is 5.82 Å². The monoisotopic (exact) mass is 381 g/mol. The third kappa shape index (κ3) is 2.80. The second-order valence-electron chi connectivity index (χ2n) is 5.78. The number of hydrogen-bond acceptors (Lipinski definition) is 6. The van der Waals surface area contributed by atoms with Crippen molar-refractivity contribution in [2.24, 2.45) is 0 Å². The van der Waals surface area contributed by atoms with Gasteiger partial charge in [0.1, 0.15) is 23.1 Å². The minimum absolute atomic E-state index is 0.0874. The lowest BCUT2D eigenvalue weighted by molar-refractivity contribution is -0.132. The average molecular weight is 381 g/mol. The first-order valence-electron chi connectivity index (χ1n) is 7.96. The maximum absolute atomic E-state index is 14.6. The molecule has 1 atom stereocenters. The van der Waals surface area contributed by atoms with Crippen LogP contribution in [0.15, 0.2) is 65.7 Å². The molecule has 1 saturated heterocycles. The third-order valence-corrected chi connectivity index (χ3v) is 4.93. The first kappa shape index (κ1) is 17.0. The van der Waals surface area contributed by atoms with Crippen LogP contribution in [0.5, 0.6) is 0 Å². The highest BCUT2D eigenvalue weighted by molar-refractivity contribution is 7.13. The van der Waals surface area contributed by atoms with Gasteiger partial charge in [0.15, 0.2) is 0 Å². The highest BCUT2D eigenvalue weighted by atomic mass is 32.1. The molecule has 2 heterocycles. The predicted octanol–water partition coefficient (Wildman–Crippen LogP) is 3.30. The van der Waals surface area contributed by atoms with E-state index in [1.165, 1.54) is 23.7 Å². The smallest absolute Gasteiger partial charge is 0.301 e. The Morgan fingerprint density at radius 1 is 1.07 bits per heavy atom. The van der Waals surface area contributed by atoms with E-state index in [0.29, 0.717) is 5.56 Å². The molecule has 0 spiro atoms. The van der Waals surface area contributed by atoms with E-state index in [1.807, 2.05) is 0 Å². The van der Waals surface area contributed by atoms with Gasteiger partial charge in [0.25, 0.3) is 5.78 Å². The number of hydrogen-bond donors (Lipinski definition) is 1. The van der Waals surface area contributed by atoms with Gasteiger partial charge in [0, 0.05) is 11.1 Å². The number of halogens is 1. The number of carbonyl (C=O) groups is 2. The highest BCUT2D eigenvalue weighted by Crippen LogP contribution is 2.43. The van der Waals surface area contributed by atoms with Crippen molar-refractivity contribution < 1.29 is 19.1 Å². The molecule has 1 fully saturated rings. The summed E-state index contributed by atoms with van der Waals surface area (Å²) >= 11 is 1.04. The highest BCUT2D eigenvalue weighted by Gasteiger charge is 2.48. The Morgan fingerprint density at radius 3 is 2.44 bits per heavy atom. The summed E-state index contributed by atoms with van der Waals surface area (Å²) in [7, 11) is 0. The van der Waals surface area contributed by atoms with Gasteiger partial charge >= 0.3 is 5.91 Å². The van der Waals surface area contributed by atoms with E-state index in [0.717, 1.165) is 16.2 Å². The number of ketones is 1. The molecule has 2 aromatic carbocycles. The molecule has 0 saturated carbocycles. The van der Waals surface area contributed by atoms with Gasteiger partial charge in [0.2, 0.25) is 5.13 Å². The molecule has 0 bridgehead atoms. The second kappa shape index (κ2) is 6.73. The molecule has 1 aromatic heterocycles. The number of aliphatic hydroxyl groups excluding tert-OH is 1. The molecule has 1 aliphatic heterocycles. The van der Waals surface area contributed by atoms with Gasteiger partial charge in [-0.2, -0.15) is 0 Å². The molecule has 3 aromatic rings. The zero-order valence-corrected chi connectivity index (χ0v) is 14.6. The van der Waals surface area contributed by atoms with Crippen molar-refractivity contribution in [1.82, 2.24) is 10.2 Å². The summed E-state index contributed by atoms with van der Waals surface area (Å²) in [6, 6.07) is 13.0. The number of carbonyl (C=O) groups excluding carboxylic acids is 2. The lowest BCUT2D eigenvalue weighted by Gasteiger charge is -2.22. The molecular weight excluding hydrogens is 369 g/mol. The molecule has 1 N–H and O–H groups in total. The van der Waals surface area contributed by atoms with Crippen LogP contribution in [0.3, 0.4) is 0 Å². The first-order valence-corrected chi connectivity index (χ1v) is 8.84. The quantitative estimate of drug-likeness (QED) is 0.428. The largest absolute Gasteiger partial charge is 0.507 e. The number of amides is 1. The topological polar surface area (TPSA) is 83.4 Å². The maximum Gasteiger partial charge on any atom is 0.301 e. The van der Waals surface area contributed by atoms with Crippen LogP contribution in [0.25, 0.3) is 5.76 Å². The van der Waals surface area contributed by atoms with Crippen molar-refractivity contribution in [3.63, 3.8) is 0 Å². The van der Waals surface area contributed by atoms with Crippen molar-refractivity contribution in [2.45, 2.75) is 6.04 Å². The van der Waals surface area contributed by atoms with Gasteiger partial charge < -0.3 is 5.11 Å². The Hall–Kier alpha value is -3.39. The van der Waals surface area contributed by atoms with Crippen molar-refractivity contribution in [1.29, 1.82) is 0 Å². The Kier molecular flexibility index (Phi) is 4.25. The summed E-state index contributed by atoms with van der Waals surface area (Å²) in [5, 5.41) is 18.5. The van der Waals surface area contributed by atoms with E-state index in [4.69, 9.17) is 0 Å². The number of benzene rings is 2. The van der Waals surface area contributed by atoms with E-state index in [1.54, 1.807) is 36.4 Å². The van der Waals surface area contributed by atoms with Gasteiger partial charge in [-0.25, -0.2) is 4.39 Å². The van der Waals surface area contributed by atoms with Crippen molar-refractivity contribution in [3.8, 4) is 0 Å². The van der Waals surface area contributed by atoms with Crippen molar-refractivity contribution in [2.75, 3.05) is 4.90 Å². The first-order chi connectivity index (χ1) is 13.1. The van der Waals surface area contributed by atoms with Crippen LogP contribution in [0.2, 0.25) is 0 Å². The van der Waals surface area contributed by atoms with Gasteiger partial charge in [-0.3, -0.25) is 14.5 Å². The minimum Gasteiger partial charge on any atom is -0.507 e. The summed E-state index contributed by atoms with van der Waals surface area (Å²) in [5.74, 6) is -2.76. The molecular formula is C19H12FN3O3S. The van der Waals surface area contributed by atoms with Crippen LogP contribution < -0.4 is 4.90 Å². The number of aromatic nitrogens is 2. The van der Waals surface area contributed by atoms with Crippen LogP contribution in [-0.4, -0.2) is 27.0 Å². The summed E-state index contributed by atoms with van der Waals surface area (Å²) in [4.78, 5) is 26.5. The number of Topliss-reactive ketones (excluding diaryl/α,β-unsaturated/α-hetero) is 1. The number of rotatable bonds is 3. The Labute approximate surface area is 157 Å². The number of aliphatic hydroxyl groups is 1. The van der Waals surface area contributed by atoms with Crippen molar-refractivity contribution >= 4 is 33.9 Å². The van der Waals surface area contributed by atoms with Crippen LogP contribution >= 0.6 is 11.3 Å². The van der Waals surface area contributed by atoms with Gasteiger partial charge in [-0.05, 0) is 6.07 Å². The van der Waals surface area contributed by atoms with E-state index in [2.05, 4.69) is 10.2 Å². The molecule has 134 valence electrons. The minimum atomic E-state index is -1.14. The van der Waals surface area contributed by atoms with E-state index in [-0.39, 0.29) is 22.0 Å².